The lowest BCUT2D eigenvalue weighted by atomic mass is 10.2. The van der Waals surface area contributed by atoms with Crippen LogP contribution in [0.2, 0.25) is 0 Å². The van der Waals surface area contributed by atoms with Gasteiger partial charge in [-0.2, -0.15) is 0 Å². The fourth-order valence-electron chi connectivity index (χ4n) is 2.73. The molecule has 150 valence electrons. The van der Waals surface area contributed by atoms with Crippen LogP contribution in [0.4, 0.5) is 10.1 Å². The van der Waals surface area contributed by atoms with Gasteiger partial charge in [0, 0.05) is 33.8 Å². The normalized spacial score (nSPS) is 10.7. The van der Waals surface area contributed by atoms with Crippen molar-refractivity contribution in [3.63, 3.8) is 0 Å². The summed E-state index contributed by atoms with van der Waals surface area (Å²) in [6.07, 6.45) is 3.33. The first-order valence-corrected chi connectivity index (χ1v) is 10.7. The highest BCUT2D eigenvalue weighted by Crippen LogP contribution is 2.28. The fraction of sp³-hybridized carbons (Fsp3) is 0.0476. The zero-order valence-electron chi connectivity index (χ0n) is 15.5. The molecule has 9 heteroatoms. The van der Waals surface area contributed by atoms with E-state index in [2.05, 4.69) is 36.4 Å². The standard InChI is InChI=1S/C21H15BrFN5OS/c22-15-1-5-17(6-2-15)25-19(29)13-30-21-27-26-20(14-9-11-24-12-10-14)28(21)18-7-3-16(23)4-8-18/h1-12H,13H2,(H,25,29). The monoisotopic (exact) mass is 483 g/mol. The van der Waals surface area contributed by atoms with Crippen molar-refractivity contribution in [1.82, 2.24) is 19.7 Å². The van der Waals surface area contributed by atoms with E-state index >= 15 is 0 Å². The smallest absolute Gasteiger partial charge is 0.234 e. The van der Waals surface area contributed by atoms with E-state index in [0.29, 0.717) is 22.4 Å². The first kappa shape index (κ1) is 20.2. The number of carbonyl (C=O) groups excluding carboxylic acids is 1. The summed E-state index contributed by atoms with van der Waals surface area (Å²) in [4.78, 5) is 16.4. The highest BCUT2D eigenvalue weighted by Gasteiger charge is 2.17. The molecule has 0 radical (unpaired) electrons. The molecule has 4 aromatic rings. The van der Waals surface area contributed by atoms with Crippen molar-refractivity contribution >= 4 is 39.3 Å². The second-order valence-electron chi connectivity index (χ2n) is 6.20. The van der Waals surface area contributed by atoms with Gasteiger partial charge in [-0.3, -0.25) is 14.3 Å². The number of aromatic nitrogens is 4. The SMILES string of the molecule is O=C(CSc1nnc(-c2ccncc2)n1-c1ccc(F)cc1)Nc1ccc(Br)cc1. The molecule has 2 aromatic heterocycles. The number of anilines is 1. The summed E-state index contributed by atoms with van der Waals surface area (Å²) in [5.74, 6) is 0.229. The third-order valence-corrected chi connectivity index (χ3v) is 5.57. The first-order chi connectivity index (χ1) is 14.6. The summed E-state index contributed by atoms with van der Waals surface area (Å²) < 4.78 is 16.2. The highest BCUT2D eigenvalue weighted by molar-refractivity contribution is 9.10. The predicted molar refractivity (Wildman–Crippen MR) is 118 cm³/mol. The van der Waals surface area contributed by atoms with E-state index in [9.17, 15) is 9.18 Å². The number of rotatable bonds is 6. The highest BCUT2D eigenvalue weighted by atomic mass is 79.9. The number of nitrogens with zero attached hydrogens (tertiary/aromatic N) is 4. The molecule has 1 N–H and O–H groups in total. The number of hydrogen-bond donors (Lipinski definition) is 1. The molecule has 0 fully saturated rings. The van der Waals surface area contributed by atoms with Gasteiger partial charge in [-0.1, -0.05) is 27.7 Å². The summed E-state index contributed by atoms with van der Waals surface area (Å²) in [7, 11) is 0. The van der Waals surface area contributed by atoms with Crippen molar-refractivity contribution in [1.29, 1.82) is 0 Å². The fourth-order valence-corrected chi connectivity index (χ4v) is 3.75. The predicted octanol–water partition coefficient (Wildman–Crippen LogP) is 4.96. The van der Waals surface area contributed by atoms with Crippen molar-refractivity contribution in [3.05, 3.63) is 83.3 Å². The molecule has 2 heterocycles. The Bertz CT molecular complexity index is 1150. The quantitative estimate of drug-likeness (QED) is 0.392. The van der Waals surface area contributed by atoms with E-state index in [4.69, 9.17) is 0 Å². The minimum Gasteiger partial charge on any atom is -0.325 e. The zero-order chi connectivity index (χ0) is 20.9. The summed E-state index contributed by atoms with van der Waals surface area (Å²) >= 11 is 4.62. The molecule has 0 spiro atoms. The number of pyridine rings is 1. The number of nitrogens with one attached hydrogen (secondary N) is 1. The van der Waals surface area contributed by atoms with Crippen molar-refractivity contribution in [3.8, 4) is 17.1 Å². The maximum Gasteiger partial charge on any atom is 0.234 e. The summed E-state index contributed by atoms with van der Waals surface area (Å²) in [5.41, 5.74) is 2.22. The van der Waals surface area contributed by atoms with Gasteiger partial charge in [-0.15, -0.1) is 10.2 Å². The van der Waals surface area contributed by atoms with Gasteiger partial charge in [0.1, 0.15) is 5.82 Å². The molecule has 30 heavy (non-hydrogen) atoms. The maximum absolute atomic E-state index is 13.4. The van der Waals surface area contributed by atoms with Crippen molar-refractivity contribution in [2.45, 2.75) is 5.16 Å². The van der Waals surface area contributed by atoms with Gasteiger partial charge in [0.15, 0.2) is 11.0 Å². The molecule has 0 atom stereocenters. The van der Waals surface area contributed by atoms with Crippen LogP contribution in [0.5, 0.6) is 0 Å². The molecule has 0 aliphatic carbocycles. The Kier molecular flexibility index (Phi) is 6.20. The van der Waals surface area contributed by atoms with E-state index in [1.165, 1.54) is 23.9 Å². The largest absolute Gasteiger partial charge is 0.325 e. The van der Waals surface area contributed by atoms with Crippen LogP contribution in [0.1, 0.15) is 0 Å². The average molecular weight is 484 g/mol. The number of hydrogen-bond acceptors (Lipinski definition) is 5. The molecule has 4 rings (SSSR count). The van der Waals surface area contributed by atoms with Crippen LogP contribution in [0, 0.1) is 5.82 Å². The second-order valence-corrected chi connectivity index (χ2v) is 8.06. The molecule has 6 nitrogen and oxygen atoms in total. The molecular formula is C21H15BrFN5OS. The molecule has 0 bridgehead atoms. The van der Waals surface area contributed by atoms with Gasteiger partial charge in [-0.25, -0.2) is 4.39 Å². The lowest BCUT2D eigenvalue weighted by Gasteiger charge is -2.10. The third kappa shape index (κ3) is 4.74. The summed E-state index contributed by atoms with van der Waals surface area (Å²) in [6.45, 7) is 0. The second kappa shape index (κ2) is 9.19. The molecule has 1 amide bonds. The van der Waals surface area contributed by atoms with Crippen molar-refractivity contribution in [2.24, 2.45) is 0 Å². The van der Waals surface area contributed by atoms with E-state index in [1.54, 1.807) is 29.1 Å². The van der Waals surface area contributed by atoms with Gasteiger partial charge >= 0.3 is 0 Å². The van der Waals surface area contributed by atoms with Crippen LogP contribution in [0.25, 0.3) is 17.1 Å². The third-order valence-electron chi connectivity index (χ3n) is 4.12. The van der Waals surface area contributed by atoms with Crippen molar-refractivity contribution < 1.29 is 9.18 Å². The van der Waals surface area contributed by atoms with E-state index in [0.717, 1.165) is 10.0 Å². The van der Waals surface area contributed by atoms with Gasteiger partial charge in [0.05, 0.1) is 5.75 Å². The Balaban J connectivity index is 1.58. The van der Waals surface area contributed by atoms with E-state index < -0.39 is 0 Å². The molecule has 2 aromatic carbocycles. The lowest BCUT2D eigenvalue weighted by molar-refractivity contribution is -0.113. The molecule has 0 saturated carbocycles. The first-order valence-electron chi connectivity index (χ1n) is 8.90. The van der Waals surface area contributed by atoms with Crippen molar-refractivity contribution in [2.75, 3.05) is 11.1 Å². The molecule has 0 aliphatic heterocycles. The Labute approximate surface area is 184 Å². The maximum atomic E-state index is 13.4. The molecule has 0 unspecified atom stereocenters. The van der Waals surface area contributed by atoms with Gasteiger partial charge < -0.3 is 5.32 Å². The van der Waals surface area contributed by atoms with Crippen LogP contribution in [-0.4, -0.2) is 31.4 Å². The van der Waals surface area contributed by atoms with Crippen LogP contribution in [0.3, 0.4) is 0 Å². The minimum absolute atomic E-state index is 0.145. The molecule has 0 aliphatic rings. The molecular weight excluding hydrogens is 469 g/mol. The Morgan fingerprint density at radius 2 is 1.70 bits per heavy atom. The average Bonchev–Trinajstić information content (AvgIpc) is 3.19. The zero-order valence-corrected chi connectivity index (χ0v) is 17.9. The Morgan fingerprint density at radius 1 is 1.00 bits per heavy atom. The van der Waals surface area contributed by atoms with Crippen LogP contribution in [-0.2, 0) is 4.79 Å². The number of benzene rings is 2. The number of thioether (sulfide) groups is 1. The number of halogens is 2. The molecule has 0 saturated heterocycles. The summed E-state index contributed by atoms with van der Waals surface area (Å²) in [5, 5.41) is 11.9. The van der Waals surface area contributed by atoms with E-state index in [-0.39, 0.29) is 17.5 Å². The van der Waals surface area contributed by atoms with Gasteiger partial charge in [-0.05, 0) is 60.7 Å². The lowest BCUT2D eigenvalue weighted by Crippen LogP contribution is -2.14. The number of carbonyl (C=O) groups is 1. The Morgan fingerprint density at radius 3 is 2.40 bits per heavy atom. The van der Waals surface area contributed by atoms with Gasteiger partial charge in [0.2, 0.25) is 5.91 Å². The Hall–Kier alpha value is -3.04. The summed E-state index contributed by atoms with van der Waals surface area (Å²) in [6, 6.07) is 17.0. The van der Waals surface area contributed by atoms with Crippen LogP contribution >= 0.6 is 27.7 Å². The van der Waals surface area contributed by atoms with E-state index in [1.807, 2.05) is 36.4 Å². The van der Waals surface area contributed by atoms with Crippen LogP contribution < -0.4 is 5.32 Å². The number of amides is 1. The van der Waals surface area contributed by atoms with Gasteiger partial charge in [0.25, 0.3) is 0 Å². The topological polar surface area (TPSA) is 72.7 Å². The van der Waals surface area contributed by atoms with Crippen LogP contribution in [0.15, 0.2) is 82.7 Å². The minimum atomic E-state index is -0.333.